The van der Waals surface area contributed by atoms with E-state index in [4.69, 9.17) is 9.11 Å². The molecule has 0 aliphatic rings. The largest absolute Gasteiger partial charge is 0.294 e. The maximum absolute atomic E-state index is 10.5. The highest BCUT2D eigenvalue weighted by Gasteiger charge is 2.07. The van der Waals surface area contributed by atoms with Crippen molar-refractivity contribution in [3.63, 3.8) is 0 Å². The molecule has 0 atom stereocenters. The van der Waals surface area contributed by atoms with Crippen molar-refractivity contribution in [2.75, 3.05) is 0 Å². The Hall–Kier alpha value is -1.99. The monoisotopic (exact) mass is 564 g/mol. The molecule has 0 aliphatic carbocycles. The molecule has 0 aromatic heterocycles. The van der Waals surface area contributed by atoms with Crippen molar-refractivity contribution in [3.8, 4) is 0 Å². The van der Waals surface area contributed by atoms with Crippen molar-refractivity contribution in [1.29, 1.82) is 0 Å². The summed E-state index contributed by atoms with van der Waals surface area (Å²) >= 11 is -0.941. The number of benzene rings is 3. The van der Waals surface area contributed by atoms with Crippen molar-refractivity contribution in [3.05, 3.63) is 93.6 Å². The van der Waals surface area contributed by atoms with Gasteiger partial charge in [-0.3, -0.25) is 12.2 Å². The number of aryl methyl sites for hydroxylation is 2. The van der Waals surface area contributed by atoms with E-state index in [2.05, 4.69) is 0 Å². The zero-order chi connectivity index (χ0) is 22.8. The Morgan fingerprint density at radius 1 is 0.600 bits per heavy atom. The fourth-order valence-corrected chi connectivity index (χ4v) is 3.56. The fourth-order valence-electron chi connectivity index (χ4n) is 1.89. The molecule has 0 aliphatic heterocycles. The minimum absolute atomic E-state index is 0.0666. The SMILES string of the molecule is Cc1ccc(S(=O)(=O)O)cc1.Cc1ccc(S(=O)(=O)O)cc1.O=Ic1ccccc1. The molecular weight excluding hydrogens is 543 g/mol. The lowest BCUT2D eigenvalue weighted by atomic mass is 10.2. The van der Waals surface area contributed by atoms with Crippen molar-refractivity contribution in [2.45, 2.75) is 23.6 Å². The van der Waals surface area contributed by atoms with Crippen LogP contribution in [0.15, 0.2) is 88.7 Å². The highest BCUT2D eigenvalue weighted by Crippen LogP contribution is 2.09. The summed E-state index contributed by atoms with van der Waals surface area (Å²) in [6, 6.07) is 21.4. The van der Waals surface area contributed by atoms with Gasteiger partial charge in [0.1, 0.15) is 0 Å². The molecule has 2 N–H and O–H groups in total. The van der Waals surface area contributed by atoms with Gasteiger partial charge in [0.15, 0.2) is 21.2 Å². The molecule has 3 aromatic rings. The summed E-state index contributed by atoms with van der Waals surface area (Å²) < 4.78 is 70.3. The number of halogens is 1. The maximum atomic E-state index is 10.5. The van der Waals surface area contributed by atoms with E-state index >= 15 is 0 Å². The second kappa shape index (κ2) is 12.0. The zero-order valence-corrected chi connectivity index (χ0v) is 19.9. The average molecular weight is 564 g/mol. The van der Waals surface area contributed by atoms with Crippen molar-refractivity contribution in [1.82, 2.24) is 0 Å². The van der Waals surface area contributed by atoms with Crippen LogP contribution in [-0.2, 0) is 23.3 Å². The van der Waals surface area contributed by atoms with E-state index in [1.165, 1.54) is 24.3 Å². The summed E-state index contributed by atoms with van der Waals surface area (Å²) in [5.74, 6) is 0. The average Bonchev–Trinajstić information content (AvgIpc) is 2.69. The summed E-state index contributed by atoms with van der Waals surface area (Å²) in [4.78, 5) is -0.133. The number of rotatable bonds is 3. The van der Waals surface area contributed by atoms with Crippen LogP contribution in [0.25, 0.3) is 0 Å². The van der Waals surface area contributed by atoms with Gasteiger partial charge in [-0.1, -0.05) is 53.6 Å². The third-order valence-corrected chi connectivity index (χ3v) is 6.42. The van der Waals surface area contributed by atoms with Crippen LogP contribution >= 0.6 is 21.2 Å². The van der Waals surface area contributed by atoms with E-state index in [9.17, 15) is 19.9 Å². The van der Waals surface area contributed by atoms with Crippen LogP contribution in [0.4, 0.5) is 0 Å². The smallest absolute Gasteiger partial charge is 0.282 e. The molecule has 0 radical (unpaired) electrons. The van der Waals surface area contributed by atoms with Gasteiger partial charge in [-0.2, -0.15) is 16.8 Å². The second-order valence-corrected chi connectivity index (χ2v) is 10.5. The molecule has 0 amide bonds. The first-order chi connectivity index (χ1) is 13.9. The van der Waals surface area contributed by atoms with Crippen LogP contribution in [0.5, 0.6) is 0 Å². The number of hydrogen-bond acceptors (Lipinski definition) is 5. The quantitative estimate of drug-likeness (QED) is 0.350. The standard InChI is InChI=1S/2C7H8O3S.C6H5IO/c2*1-6-2-4-7(5-3-6)11(8,9)10;8-7-6-4-2-1-3-5-6/h2*2-5H,1H3,(H,8,9,10);1-5H. The Morgan fingerprint density at radius 2 is 0.933 bits per heavy atom. The highest BCUT2D eigenvalue weighted by molar-refractivity contribution is 14.1. The van der Waals surface area contributed by atoms with Crippen molar-refractivity contribution < 1.29 is 29.0 Å². The minimum atomic E-state index is -4.02. The predicted molar refractivity (Wildman–Crippen MR) is 122 cm³/mol. The Bertz CT molecular complexity index is 1070. The molecule has 3 rings (SSSR count). The molecule has 30 heavy (non-hydrogen) atoms. The van der Waals surface area contributed by atoms with Crippen LogP contribution in [0.1, 0.15) is 11.1 Å². The van der Waals surface area contributed by atoms with Crippen LogP contribution in [-0.4, -0.2) is 25.9 Å². The molecule has 0 saturated heterocycles. The second-order valence-electron chi connectivity index (χ2n) is 5.95. The summed E-state index contributed by atoms with van der Waals surface area (Å²) in [5.41, 5.74) is 1.91. The predicted octanol–water partition coefficient (Wildman–Crippen LogP) is 4.66. The van der Waals surface area contributed by atoms with Crippen LogP contribution in [0, 0.1) is 17.4 Å². The Morgan fingerprint density at radius 3 is 1.17 bits per heavy atom. The third kappa shape index (κ3) is 10.2. The lowest BCUT2D eigenvalue weighted by molar-refractivity contribution is 0.481. The van der Waals surface area contributed by atoms with Gasteiger partial charge in [-0.25, -0.2) is 0 Å². The molecule has 0 unspecified atom stereocenters. The first-order valence-corrected chi connectivity index (χ1v) is 13.2. The molecule has 3 aromatic carbocycles. The van der Waals surface area contributed by atoms with Gasteiger partial charge in [0, 0.05) is 3.57 Å². The van der Waals surface area contributed by atoms with E-state index in [-0.39, 0.29) is 9.79 Å². The Kier molecular flexibility index (Phi) is 10.4. The van der Waals surface area contributed by atoms with Gasteiger partial charge >= 0.3 is 0 Å². The van der Waals surface area contributed by atoms with Crippen molar-refractivity contribution in [2.24, 2.45) is 0 Å². The van der Waals surface area contributed by atoms with Gasteiger partial charge in [-0.05, 0) is 50.2 Å². The van der Waals surface area contributed by atoms with Gasteiger partial charge in [0.25, 0.3) is 20.2 Å². The summed E-state index contributed by atoms with van der Waals surface area (Å²) in [5, 5.41) is 0. The lowest BCUT2D eigenvalue weighted by Crippen LogP contribution is -1.96. The molecule has 162 valence electrons. The molecule has 0 spiro atoms. The van der Waals surface area contributed by atoms with Crippen LogP contribution in [0.3, 0.4) is 0 Å². The summed E-state index contributed by atoms with van der Waals surface area (Å²) in [6.07, 6.45) is 0. The van der Waals surface area contributed by atoms with Gasteiger partial charge in [0.05, 0.1) is 9.79 Å². The molecular formula is C20H21IO7S2. The molecule has 0 bridgehead atoms. The van der Waals surface area contributed by atoms with Crippen molar-refractivity contribution >= 4 is 41.4 Å². The van der Waals surface area contributed by atoms with Gasteiger partial charge < -0.3 is 0 Å². The highest BCUT2D eigenvalue weighted by atomic mass is 127. The fraction of sp³-hybridized carbons (Fsp3) is 0.100. The summed E-state index contributed by atoms with van der Waals surface area (Å²) in [6.45, 7) is 3.68. The topological polar surface area (TPSA) is 126 Å². The molecule has 0 heterocycles. The first-order valence-electron chi connectivity index (χ1n) is 8.34. The van der Waals surface area contributed by atoms with E-state index in [1.54, 1.807) is 24.3 Å². The van der Waals surface area contributed by atoms with E-state index in [0.29, 0.717) is 0 Å². The Labute approximate surface area is 186 Å². The maximum Gasteiger partial charge on any atom is 0.294 e. The molecule has 0 saturated carbocycles. The molecule has 10 heteroatoms. The zero-order valence-electron chi connectivity index (χ0n) is 16.1. The molecule has 0 fully saturated rings. The third-order valence-electron chi connectivity index (χ3n) is 3.46. The van der Waals surface area contributed by atoms with Gasteiger partial charge in [-0.15, -0.1) is 0 Å². The number of hydrogen-bond donors (Lipinski definition) is 2. The van der Waals surface area contributed by atoms with E-state index in [0.717, 1.165) is 14.7 Å². The Balaban J connectivity index is 0.000000228. The van der Waals surface area contributed by atoms with E-state index in [1.807, 2.05) is 44.2 Å². The van der Waals surface area contributed by atoms with Crippen LogP contribution in [0.2, 0.25) is 0 Å². The van der Waals surface area contributed by atoms with Gasteiger partial charge in [0.2, 0.25) is 0 Å². The van der Waals surface area contributed by atoms with E-state index < -0.39 is 41.4 Å². The van der Waals surface area contributed by atoms with Crippen LogP contribution < -0.4 is 0 Å². The normalized spacial score (nSPS) is 10.8. The lowest BCUT2D eigenvalue weighted by Gasteiger charge is -1.95. The summed E-state index contributed by atoms with van der Waals surface area (Å²) in [7, 11) is -8.04. The first kappa shape index (κ1) is 26.0. The minimum Gasteiger partial charge on any atom is -0.282 e. The molecule has 7 nitrogen and oxygen atoms in total.